The second kappa shape index (κ2) is 4.92. The predicted octanol–water partition coefficient (Wildman–Crippen LogP) is 0.290. The number of hydrogen-bond acceptors (Lipinski definition) is 5. The molecule has 1 unspecified atom stereocenters. The molecule has 0 fully saturated rings. The van der Waals surface area contributed by atoms with Crippen molar-refractivity contribution in [3.05, 3.63) is 30.1 Å². The van der Waals surface area contributed by atoms with Crippen molar-refractivity contribution >= 4 is 11.6 Å². The first-order chi connectivity index (χ1) is 8.58. The summed E-state index contributed by atoms with van der Waals surface area (Å²) >= 11 is 0. The van der Waals surface area contributed by atoms with Crippen LogP contribution in [0.15, 0.2) is 24.5 Å². The summed E-state index contributed by atoms with van der Waals surface area (Å²) in [5.74, 6) is -0.457. The standard InChI is InChI=1S/C11H13N5O2/c1-7-3-4-9(13-11(18)8(2)17)5-10(7)16-6-12-14-15-16/h3-6,8,17H,1-2H3,(H,13,18). The van der Waals surface area contributed by atoms with Gasteiger partial charge in [0.05, 0.1) is 5.69 Å². The van der Waals surface area contributed by atoms with Crippen LogP contribution in [0.3, 0.4) is 0 Å². The fourth-order valence-electron chi connectivity index (χ4n) is 1.45. The van der Waals surface area contributed by atoms with E-state index in [2.05, 4.69) is 20.8 Å². The highest BCUT2D eigenvalue weighted by Gasteiger charge is 2.10. The highest BCUT2D eigenvalue weighted by Crippen LogP contribution is 2.18. The minimum absolute atomic E-state index is 0.457. The first kappa shape index (κ1) is 12.2. The minimum atomic E-state index is -1.05. The van der Waals surface area contributed by atoms with Crippen LogP contribution in [0, 0.1) is 6.92 Å². The van der Waals surface area contributed by atoms with Crippen LogP contribution in [0.2, 0.25) is 0 Å². The normalized spacial score (nSPS) is 12.2. The number of amides is 1. The number of hydrogen-bond donors (Lipinski definition) is 2. The highest BCUT2D eigenvalue weighted by atomic mass is 16.3. The number of benzene rings is 1. The van der Waals surface area contributed by atoms with Crippen LogP contribution in [0.25, 0.3) is 5.69 Å². The maximum absolute atomic E-state index is 11.4. The maximum atomic E-state index is 11.4. The molecule has 0 aliphatic heterocycles. The quantitative estimate of drug-likeness (QED) is 0.813. The van der Waals surface area contributed by atoms with Gasteiger partial charge in [0.2, 0.25) is 0 Å². The molecule has 1 amide bonds. The zero-order valence-corrected chi connectivity index (χ0v) is 10.0. The average molecular weight is 247 g/mol. The second-order valence-corrected chi connectivity index (χ2v) is 3.92. The fraction of sp³-hybridized carbons (Fsp3) is 0.273. The number of aliphatic hydroxyl groups excluding tert-OH is 1. The van der Waals surface area contributed by atoms with Crippen molar-refractivity contribution in [1.29, 1.82) is 0 Å². The minimum Gasteiger partial charge on any atom is -0.384 e. The summed E-state index contributed by atoms with van der Waals surface area (Å²) < 4.78 is 1.51. The smallest absolute Gasteiger partial charge is 0.252 e. The first-order valence-electron chi connectivity index (χ1n) is 5.41. The van der Waals surface area contributed by atoms with Crippen molar-refractivity contribution in [3.8, 4) is 5.69 Å². The molecule has 1 atom stereocenters. The molecular formula is C11H13N5O2. The number of carbonyl (C=O) groups excluding carboxylic acids is 1. The van der Waals surface area contributed by atoms with Gasteiger partial charge in [-0.25, -0.2) is 4.68 Å². The lowest BCUT2D eigenvalue weighted by Crippen LogP contribution is -2.24. The molecule has 0 spiro atoms. The Morgan fingerprint density at radius 2 is 2.28 bits per heavy atom. The number of tetrazole rings is 1. The van der Waals surface area contributed by atoms with E-state index in [1.54, 1.807) is 12.1 Å². The molecular weight excluding hydrogens is 234 g/mol. The van der Waals surface area contributed by atoms with Crippen LogP contribution in [0.1, 0.15) is 12.5 Å². The lowest BCUT2D eigenvalue weighted by molar-refractivity contribution is -0.123. The summed E-state index contributed by atoms with van der Waals surface area (Å²) in [6.07, 6.45) is 0.422. The van der Waals surface area contributed by atoms with E-state index in [9.17, 15) is 4.79 Å². The summed E-state index contributed by atoms with van der Waals surface area (Å²) in [6.45, 7) is 3.32. The molecule has 2 N–H and O–H groups in total. The molecule has 0 aliphatic carbocycles. The molecule has 2 aromatic rings. The van der Waals surface area contributed by atoms with Gasteiger partial charge in [0.25, 0.3) is 5.91 Å². The van der Waals surface area contributed by atoms with Gasteiger partial charge >= 0.3 is 0 Å². The van der Waals surface area contributed by atoms with Crippen molar-refractivity contribution in [2.24, 2.45) is 0 Å². The zero-order chi connectivity index (χ0) is 13.1. The molecule has 0 radical (unpaired) electrons. The van der Waals surface area contributed by atoms with Crippen LogP contribution in [-0.4, -0.2) is 37.3 Å². The van der Waals surface area contributed by atoms with Crippen molar-refractivity contribution in [1.82, 2.24) is 20.2 Å². The van der Waals surface area contributed by atoms with Gasteiger partial charge in [-0.15, -0.1) is 5.10 Å². The summed E-state index contributed by atoms with van der Waals surface area (Å²) in [5.41, 5.74) is 2.32. The molecule has 94 valence electrons. The van der Waals surface area contributed by atoms with Gasteiger partial charge in [0.1, 0.15) is 12.4 Å². The van der Waals surface area contributed by atoms with E-state index < -0.39 is 12.0 Å². The number of aryl methyl sites for hydroxylation is 1. The zero-order valence-electron chi connectivity index (χ0n) is 10.0. The SMILES string of the molecule is Cc1ccc(NC(=O)C(C)O)cc1-n1cnnn1. The van der Waals surface area contributed by atoms with Gasteiger partial charge < -0.3 is 10.4 Å². The number of carbonyl (C=O) groups is 1. The van der Waals surface area contributed by atoms with Crippen LogP contribution < -0.4 is 5.32 Å². The third kappa shape index (κ3) is 2.51. The number of aliphatic hydroxyl groups is 1. The predicted molar refractivity (Wildman–Crippen MR) is 64.2 cm³/mol. The molecule has 0 bridgehead atoms. The number of aromatic nitrogens is 4. The molecule has 18 heavy (non-hydrogen) atoms. The Balaban J connectivity index is 2.30. The third-order valence-electron chi connectivity index (χ3n) is 2.45. The number of anilines is 1. The maximum Gasteiger partial charge on any atom is 0.252 e. The Labute approximate surface area is 103 Å². The van der Waals surface area contributed by atoms with Gasteiger partial charge in [-0.05, 0) is 42.0 Å². The van der Waals surface area contributed by atoms with Gasteiger partial charge in [-0.1, -0.05) is 6.07 Å². The number of rotatable bonds is 3. The van der Waals surface area contributed by atoms with E-state index in [1.807, 2.05) is 13.0 Å². The molecule has 0 aliphatic rings. The van der Waals surface area contributed by atoms with Crippen molar-refractivity contribution in [2.45, 2.75) is 20.0 Å². The van der Waals surface area contributed by atoms with Crippen LogP contribution in [0.5, 0.6) is 0 Å². The number of nitrogens with zero attached hydrogens (tertiary/aromatic N) is 4. The number of nitrogens with one attached hydrogen (secondary N) is 1. The average Bonchev–Trinajstić information content (AvgIpc) is 2.85. The Morgan fingerprint density at radius 3 is 2.89 bits per heavy atom. The first-order valence-corrected chi connectivity index (χ1v) is 5.41. The lowest BCUT2D eigenvalue weighted by atomic mass is 10.2. The largest absolute Gasteiger partial charge is 0.384 e. The molecule has 1 aromatic heterocycles. The molecule has 0 saturated heterocycles. The monoisotopic (exact) mass is 247 g/mol. The molecule has 7 nitrogen and oxygen atoms in total. The van der Waals surface area contributed by atoms with Gasteiger partial charge in [-0.2, -0.15) is 0 Å². The van der Waals surface area contributed by atoms with Gasteiger partial charge in [0.15, 0.2) is 0 Å². The Hall–Kier alpha value is -2.28. The van der Waals surface area contributed by atoms with Crippen molar-refractivity contribution in [2.75, 3.05) is 5.32 Å². The summed E-state index contributed by atoms with van der Waals surface area (Å²) in [6, 6.07) is 5.34. The summed E-state index contributed by atoms with van der Waals surface area (Å²) in [7, 11) is 0. The molecule has 0 saturated carbocycles. The van der Waals surface area contributed by atoms with Crippen LogP contribution >= 0.6 is 0 Å². The summed E-state index contributed by atoms with van der Waals surface area (Å²) in [4.78, 5) is 11.4. The third-order valence-corrected chi connectivity index (χ3v) is 2.45. The van der Waals surface area contributed by atoms with E-state index in [-0.39, 0.29) is 0 Å². The summed E-state index contributed by atoms with van der Waals surface area (Å²) in [5, 5.41) is 22.7. The Bertz CT molecular complexity index is 551. The van der Waals surface area contributed by atoms with E-state index in [0.717, 1.165) is 11.3 Å². The fourth-order valence-corrected chi connectivity index (χ4v) is 1.45. The van der Waals surface area contributed by atoms with Crippen molar-refractivity contribution < 1.29 is 9.90 Å². The molecule has 7 heteroatoms. The van der Waals surface area contributed by atoms with E-state index in [0.29, 0.717) is 5.69 Å². The molecule has 2 rings (SSSR count). The van der Waals surface area contributed by atoms with Gasteiger partial charge in [-0.3, -0.25) is 4.79 Å². The molecule has 1 heterocycles. The van der Waals surface area contributed by atoms with Gasteiger partial charge in [0, 0.05) is 5.69 Å². The van der Waals surface area contributed by atoms with E-state index >= 15 is 0 Å². The Kier molecular flexibility index (Phi) is 3.33. The lowest BCUT2D eigenvalue weighted by Gasteiger charge is -2.10. The molecule has 1 aromatic carbocycles. The van der Waals surface area contributed by atoms with E-state index in [1.165, 1.54) is 17.9 Å². The Morgan fingerprint density at radius 1 is 1.50 bits per heavy atom. The van der Waals surface area contributed by atoms with E-state index in [4.69, 9.17) is 5.11 Å². The highest BCUT2D eigenvalue weighted by molar-refractivity contribution is 5.93. The van der Waals surface area contributed by atoms with Crippen molar-refractivity contribution in [3.63, 3.8) is 0 Å². The topological polar surface area (TPSA) is 92.9 Å². The second-order valence-electron chi connectivity index (χ2n) is 3.92. The van der Waals surface area contributed by atoms with Crippen LogP contribution in [-0.2, 0) is 4.79 Å². The van der Waals surface area contributed by atoms with Crippen LogP contribution in [0.4, 0.5) is 5.69 Å².